The predicted octanol–water partition coefficient (Wildman–Crippen LogP) is 1.95. The van der Waals surface area contributed by atoms with Gasteiger partial charge in [-0.15, -0.1) is 0 Å². The van der Waals surface area contributed by atoms with Gasteiger partial charge in [0.15, 0.2) is 0 Å². The number of nitrogens with one attached hydrogen (secondary N) is 1. The van der Waals surface area contributed by atoms with Crippen molar-refractivity contribution >= 4 is 10.0 Å². The Morgan fingerprint density at radius 3 is 2.73 bits per heavy atom. The van der Waals surface area contributed by atoms with Crippen LogP contribution < -0.4 is 9.46 Å². The first-order valence-corrected chi connectivity index (χ1v) is 10.3. The molecule has 2 aromatic rings. The van der Waals surface area contributed by atoms with Crippen LogP contribution in [-0.4, -0.2) is 38.0 Å². The molecule has 3 rings (SSSR count). The molecule has 0 fully saturated rings. The summed E-state index contributed by atoms with van der Waals surface area (Å²) in [7, 11) is -3.58. The third kappa shape index (κ3) is 3.92. The summed E-state index contributed by atoms with van der Waals surface area (Å²) in [6, 6.07) is 3.29. The summed E-state index contributed by atoms with van der Waals surface area (Å²) in [5.74, 6) is 0.747. The monoisotopic (exact) mass is 379 g/mol. The Bertz CT molecular complexity index is 867. The van der Waals surface area contributed by atoms with Gasteiger partial charge in [0, 0.05) is 24.2 Å². The van der Waals surface area contributed by atoms with E-state index in [1.54, 1.807) is 18.3 Å². The van der Waals surface area contributed by atoms with E-state index >= 15 is 0 Å². The van der Waals surface area contributed by atoms with Crippen molar-refractivity contribution in [1.29, 1.82) is 0 Å². The number of rotatable bonds is 7. The minimum absolute atomic E-state index is 0.256. The Labute approximate surface area is 154 Å². The molecule has 0 atom stereocenters. The first-order chi connectivity index (χ1) is 12.4. The van der Waals surface area contributed by atoms with E-state index in [1.807, 2.05) is 25.5 Å². The Balaban J connectivity index is 1.69. The first-order valence-electron chi connectivity index (χ1n) is 8.77. The topological polar surface area (TPSA) is 82.5 Å². The molecule has 1 aliphatic heterocycles. The lowest BCUT2D eigenvalue weighted by Gasteiger charge is -2.15. The molecule has 0 amide bonds. The molecule has 142 valence electrons. The van der Waals surface area contributed by atoms with Crippen molar-refractivity contribution in [3.05, 3.63) is 40.7 Å². The van der Waals surface area contributed by atoms with E-state index in [0.717, 1.165) is 34.6 Å². The van der Waals surface area contributed by atoms with Crippen LogP contribution in [0, 0.1) is 13.8 Å². The highest BCUT2D eigenvalue weighted by atomic mass is 32.2. The minimum Gasteiger partial charge on any atom is -0.493 e. The van der Waals surface area contributed by atoms with Gasteiger partial charge in [-0.05, 0) is 44.0 Å². The quantitative estimate of drug-likeness (QED) is 0.795. The van der Waals surface area contributed by atoms with Crippen LogP contribution in [0.4, 0.5) is 0 Å². The van der Waals surface area contributed by atoms with Gasteiger partial charge in [-0.3, -0.25) is 4.68 Å². The molecule has 0 aliphatic carbocycles. The summed E-state index contributed by atoms with van der Waals surface area (Å²) in [6.07, 6.45) is 2.60. The maximum atomic E-state index is 12.6. The fourth-order valence-corrected chi connectivity index (χ4v) is 4.40. The van der Waals surface area contributed by atoms with Crippen LogP contribution in [0.15, 0.2) is 23.2 Å². The third-order valence-corrected chi connectivity index (χ3v) is 5.86. The van der Waals surface area contributed by atoms with Gasteiger partial charge in [0.25, 0.3) is 0 Å². The molecule has 7 nitrogen and oxygen atoms in total. The zero-order chi connectivity index (χ0) is 18.7. The molecule has 0 saturated heterocycles. The van der Waals surface area contributed by atoms with E-state index in [4.69, 9.17) is 9.47 Å². The second-order valence-electron chi connectivity index (χ2n) is 6.36. The normalized spacial score (nSPS) is 14.3. The van der Waals surface area contributed by atoms with E-state index in [0.29, 0.717) is 26.4 Å². The Morgan fingerprint density at radius 2 is 2.04 bits per heavy atom. The van der Waals surface area contributed by atoms with Crippen LogP contribution in [0.5, 0.6) is 5.75 Å². The molecule has 1 aromatic heterocycles. The van der Waals surface area contributed by atoms with Crippen molar-refractivity contribution in [1.82, 2.24) is 14.5 Å². The highest BCUT2D eigenvalue weighted by molar-refractivity contribution is 7.89. The van der Waals surface area contributed by atoms with Crippen molar-refractivity contribution in [2.24, 2.45) is 0 Å². The smallest absolute Gasteiger partial charge is 0.240 e. The van der Waals surface area contributed by atoms with Gasteiger partial charge in [0.05, 0.1) is 37.5 Å². The zero-order valence-electron chi connectivity index (χ0n) is 15.4. The fourth-order valence-electron chi connectivity index (χ4n) is 3.21. The summed E-state index contributed by atoms with van der Waals surface area (Å²) in [5, 5.41) is 4.34. The van der Waals surface area contributed by atoms with Crippen LogP contribution in [0.1, 0.15) is 29.3 Å². The van der Waals surface area contributed by atoms with Gasteiger partial charge in [0.1, 0.15) is 5.75 Å². The SMILES string of the molecule is CCOc1c(C)cc(S(=O)(=O)NCCn2ncc3c2CCOC3)cc1C. The molecule has 1 aromatic carbocycles. The maximum Gasteiger partial charge on any atom is 0.240 e. The number of aromatic nitrogens is 2. The number of sulfonamides is 1. The summed E-state index contributed by atoms with van der Waals surface area (Å²) < 4.78 is 40.7. The lowest BCUT2D eigenvalue weighted by Crippen LogP contribution is -2.28. The number of hydrogen-bond donors (Lipinski definition) is 1. The molecule has 8 heteroatoms. The number of hydrogen-bond acceptors (Lipinski definition) is 5. The van der Waals surface area contributed by atoms with E-state index < -0.39 is 10.0 Å². The second kappa shape index (κ2) is 7.77. The largest absolute Gasteiger partial charge is 0.493 e. The van der Waals surface area contributed by atoms with Crippen molar-refractivity contribution in [3.63, 3.8) is 0 Å². The average Bonchev–Trinajstić information content (AvgIpc) is 3.01. The van der Waals surface area contributed by atoms with E-state index in [2.05, 4.69) is 9.82 Å². The van der Waals surface area contributed by atoms with Crippen LogP contribution in [0.3, 0.4) is 0 Å². The summed E-state index contributed by atoms with van der Waals surface area (Å²) in [6.45, 7) is 8.19. The molecule has 0 unspecified atom stereocenters. The Morgan fingerprint density at radius 1 is 1.31 bits per heavy atom. The molecule has 2 heterocycles. The highest BCUT2D eigenvalue weighted by Crippen LogP contribution is 2.26. The van der Waals surface area contributed by atoms with Crippen molar-refractivity contribution in [3.8, 4) is 5.75 Å². The molecule has 26 heavy (non-hydrogen) atoms. The van der Waals surface area contributed by atoms with E-state index in [9.17, 15) is 8.42 Å². The number of aryl methyl sites for hydroxylation is 2. The maximum absolute atomic E-state index is 12.6. The lowest BCUT2D eigenvalue weighted by molar-refractivity contribution is 0.109. The highest BCUT2D eigenvalue weighted by Gasteiger charge is 2.19. The average molecular weight is 379 g/mol. The van der Waals surface area contributed by atoms with Gasteiger partial charge < -0.3 is 9.47 Å². The molecular weight excluding hydrogens is 354 g/mol. The van der Waals surface area contributed by atoms with Crippen molar-refractivity contribution in [2.75, 3.05) is 19.8 Å². The van der Waals surface area contributed by atoms with Crippen molar-refractivity contribution in [2.45, 2.75) is 45.2 Å². The molecular formula is C18H25N3O4S. The van der Waals surface area contributed by atoms with Gasteiger partial charge in [-0.1, -0.05) is 0 Å². The van der Waals surface area contributed by atoms with Crippen LogP contribution in [0.2, 0.25) is 0 Å². The predicted molar refractivity (Wildman–Crippen MR) is 97.9 cm³/mol. The van der Waals surface area contributed by atoms with Crippen LogP contribution in [0.25, 0.3) is 0 Å². The number of benzene rings is 1. The Kier molecular flexibility index (Phi) is 5.64. The van der Waals surface area contributed by atoms with E-state index in [1.165, 1.54) is 0 Å². The second-order valence-corrected chi connectivity index (χ2v) is 8.13. The molecule has 1 aliphatic rings. The summed E-state index contributed by atoms with van der Waals surface area (Å²) >= 11 is 0. The molecule has 0 spiro atoms. The van der Waals surface area contributed by atoms with E-state index in [-0.39, 0.29) is 11.4 Å². The molecule has 0 radical (unpaired) electrons. The molecule has 0 bridgehead atoms. The van der Waals surface area contributed by atoms with Gasteiger partial charge in [-0.25, -0.2) is 13.1 Å². The number of fused-ring (bicyclic) bond motifs is 1. The van der Waals surface area contributed by atoms with Gasteiger partial charge in [0.2, 0.25) is 10.0 Å². The number of nitrogens with zero attached hydrogens (tertiary/aromatic N) is 2. The minimum atomic E-state index is -3.58. The molecule has 0 saturated carbocycles. The van der Waals surface area contributed by atoms with Gasteiger partial charge in [-0.2, -0.15) is 5.10 Å². The zero-order valence-corrected chi connectivity index (χ0v) is 16.2. The summed E-state index contributed by atoms with van der Waals surface area (Å²) in [5.41, 5.74) is 3.84. The summed E-state index contributed by atoms with van der Waals surface area (Å²) in [4.78, 5) is 0.256. The fraction of sp³-hybridized carbons (Fsp3) is 0.500. The van der Waals surface area contributed by atoms with Crippen molar-refractivity contribution < 1.29 is 17.9 Å². The lowest BCUT2D eigenvalue weighted by atomic mass is 10.1. The van der Waals surface area contributed by atoms with Gasteiger partial charge >= 0.3 is 0 Å². The van der Waals surface area contributed by atoms with Crippen LogP contribution in [-0.2, 0) is 34.3 Å². The first kappa shape index (κ1) is 18.9. The third-order valence-electron chi connectivity index (χ3n) is 4.42. The Hall–Kier alpha value is -1.90. The standard InChI is InChI=1S/C18H25N3O4S/c1-4-25-18-13(2)9-16(10-14(18)3)26(22,23)20-6-7-21-17-5-8-24-12-15(17)11-19-21/h9-11,20H,4-8,12H2,1-3H3. The van der Waals surface area contributed by atoms with Crippen LogP contribution >= 0.6 is 0 Å². The molecule has 1 N–H and O–H groups in total. The number of ether oxygens (including phenoxy) is 2.